The molecule has 1 aliphatic carbocycles. The molecule has 0 aromatic carbocycles. The van der Waals surface area contributed by atoms with E-state index in [1.165, 1.54) is 18.6 Å². The third-order valence-electron chi connectivity index (χ3n) is 2.66. The Morgan fingerprint density at radius 2 is 2.25 bits per heavy atom. The minimum Gasteiger partial charge on any atom is -0.391 e. The van der Waals surface area contributed by atoms with Crippen molar-refractivity contribution in [2.45, 2.75) is 31.4 Å². The van der Waals surface area contributed by atoms with Gasteiger partial charge in [0.15, 0.2) is 0 Å². The molecule has 0 bridgehead atoms. The lowest BCUT2D eigenvalue weighted by Gasteiger charge is -2.26. The topological polar surface area (TPSA) is 23.5 Å². The van der Waals surface area contributed by atoms with Crippen LogP contribution in [0, 0.1) is 0 Å². The summed E-state index contributed by atoms with van der Waals surface area (Å²) in [5.74, 6) is 1.17. The summed E-state index contributed by atoms with van der Waals surface area (Å²) in [7, 11) is 2.12. The van der Waals surface area contributed by atoms with E-state index in [2.05, 4.69) is 18.2 Å². The van der Waals surface area contributed by atoms with Gasteiger partial charge in [0.25, 0.3) is 0 Å². The van der Waals surface area contributed by atoms with E-state index in [0.29, 0.717) is 6.04 Å². The minimum absolute atomic E-state index is 0.0724. The van der Waals surface area contributed by atoms with Gasteiger partial charge in [-0.25, -0.2) is 0 Å². The molecule has 0 unspecified atom stereocenters. The average Bonchev–Trinajstić information content (AvgIpc) is 2.47. The summed E-state index contributed by atoms with van der Waals surface area (Å²) < 4.78 is 0. The predicted octanol–water partition coefficient (Wildman–Crippen LogP) is 1.19. The molecule has 2 atom stereocenters. The number of nitrogens with zero attached hydrogens (tertiary/aromatic N) is 1. The zero-order valence-corrected chi connectivity index (χ0v) is 8.81. The number of thioether (sulfide) groups is 1. The van der Waals surface area contributed by atoms with Gasteiger partial charge >= 0.3 is 0 Å². The largest absolute Gasteiger partial charge is 0.391 e. The van der Waals surface area contributed by atoms with Crippen molar-refractivity contribution in [1.82, 2.24) is 4.90 Å². The minimum atomic E-state index is -0.0724. The van der Waals surface area contributed by atoms with E-state index in [1.54, 1.807) is 0 Å². The fourth-order valence-corrected chi connectivity index (χ4v) is 2.31. The zero-order valence-electron chi connectivity index (χ0n) is 7.99. The highest BCUT2D eigenvalue weighted by Crippen LogP contribution is 2.23. The van der Waals surface area contributed by atoms with E-state index < -0.39 is 0 Å². The molecule has 0 amide bonds. The normalized spacial score (nSPS) is 30.0. The van der Waals surface area contributed by atoms with Crippen LogP contribution < -0.4 is 0 Å². The Kier molecular flexibility index (Phi) is 4.40. The van der Waals surface area contributed by atoms with Crippen LogP contribution in [0.5, 0.6) is 0 Å². The first-order chi connectivity index (χ1) is 5.75. The molecule has 2 nitrogen and oxygen atoms in total. The maximum absolute atomic E-state index is 9.61. The lowest BCUT2D eigenvalue weighted by Crippen LogP contribution is -2.38. The van der Waals surface area contributed by atoms with Crippen LogP contribution in [0.15, 0.2) is 0 Å². The highest BCUT2D eigenvalue weighted by atomic mass is 32.2. The van der Waals surface area contributed by atoms with Crippen LogP contribution in [0.25, 0.3) is 0 Å². The SMILES string of the molecule is CSCCN(C)[C@@H]1CCC[C@H]1O. The van der Waals surface area contributed by atoms with Gasteiger partial charge in [0, 0.05) is 18.3 Å². The number of hydrogen-bond donors (Lipinski definition) is 1. The first-order valence-electron chi connectivity index (χ1n) is 4.63. The van der Waals surface area contributed by atoms with Crippen LogP contribution in [0.3, 0.4) is 0 Å². The van der Waals surface area contributed by atoms with Crippen molar-refractivity contribution in [1.29, 1.82) is 0 Å². The van der Waals surface area contributed by atoms with Crippen molar-refractivity contribution in [2.75, 3.05) is 25.6 Å². The smallest absolute Gasteiger partial charge is 0.0695 e. The summed E-state index contributed by atoms with van der Waals surface area (Å²) in [4.78, 5) is 2.30. The van der Waals surface area contributed by atoms with Crippen LogP contribution in [0.1, 0.15) is 19.3 Å². The lowest BCUT2D eigenvalue weighted by atomic mass is 10.2. The third kappa shape index (κ3) is 2.64. The second-order valence-corrected chi connectivity index (χ2v) is 4.52. The number of aliphatic hydroxyl groups is 1. The zero-order chi connectivity index (χ0) is 8.97. The molecule has 0 aromatic heterocycles. The maximum Gasteiger partial charge on any atom is 0.0695 e. The summed E-state index contributed by atoms with van der Waals surface area (Å²) in [5, 5.41) is 9.61. The molecule has 0 saturated heterocycles. The van der Waals surface area contributed by atoms with Gasteiger partial charge in [0.1, 0.15) is 0 Å². The Morgan fingerprint density at radius 1 is 1.50 bits per heavy atom. The molecule has 3 heteroatoms. The van der Waals surface area contributed by atoms with Crippen LogP contribution in [-0.2, 0) is 0 Å². The maximum atomic E-state index is 9.61. The second-order valence-electron chi connectivity index (χ2n) is 3.54. The van der Waals surface area contributed by atoms with Crippen LogP contribution in [0.2, 0.25) is 0 Å². The number of hydrogen-bond acceptors (Lipinski definition) is 3. The standard InChI is InChI=1S/C9H19NOS/c1-10(6-7-12-2)8-4-3-5-9(8)11/h8-9,11H,3-7H2,1-2H3/t8-,9-/m1/s1. The molecule has 0 spiro atoms. The predicted molar refractivity (Wildman–Crippen MR) is 54.7 cm³/mol. The number of likely N-dealkylation sites (N-methyl/N-ethyl adjacent to an activating group) is 1. The van der Waals surface area contributed by atoms with E-state index in [-0.39, 0.29) is 6.10 Å². The van der Waals surface area contributed by atoms with E-state index in [1.807, 2.05) is 11.8 Å². The second kappa shape index (κ2) is 5.10. The van der Waals surface area contributed by atoms with Crippen LogP contribution in [-0.4, -0.2) is 47.8 Å². The van der Waals surface area contributed by atoms with Gasteiger partial charge in [-0.05, 0) is 32.6 Å². The molecule has 0 heterocycles. The summed E-state index contributed by atoms with van der Waals surface area (Å²) in [6, 6.07) is 0.428. The molecule has 1 aliphatic rings. The summed E-state index contributed by atoms with van der Waals surface area (Å²) in [6.07, 6.45) is 5.41. The highest BCUT2D eigenvalue weighted by molar-refractivity contribution is 7.98. The first kappa shape index (κ1) is 10.4. The Balaban J connectivity index is 2.25. The quantitative estimate of drug-likeness (QED) is 0.719. The fraction of sp³-hybridized carbons (Fsp3) is 1.00. The van der Waals surface area contributed by atoms with E-state index in [4.69, 9.17) is 0 Å². The average molecular weight is 189 g/mol. The van der Waals surface area contributed by atoms with Gasteiger partial charge in [-0.3, -0.25) is 0 Å². The van der Waals surface area contributed by atoms with E-state index in [9.17, 15) is 5.11 Å². The van der Waals surface area contributed by atoms with Crippen molar-refractivity contribution < 1.29 is 5.11 Å². The van der Waals surface area contributed by atoms with Crippen molar-refractivity contribution in [3.05, 3.63) is 0 Å². The van der Waals surface area contributed by atoms with Crippen molar-refractivity contribution in [3.63, 3.8) is 0 Å². The molecule has 1 fully saturated rings. The van der Waals surface area contributed by atoms with Gasteiger partial charge in [0.05, 0.1) is 6.10 Å². The summed E-state index contributed by atoms with van der Waals surface area (Å²) in [5.41, 5.74) is 0. The number of aliphatic hydroxyl groups excluding tert-OH is 1. The molecule has 12 heavy (non-hydrogen) atoms. The van der Waals surface area contributed by atoms with Crippen molar-refractivity contribution in [2.24, 2.45) is 0 Å². The molecule has 1 saturated carbocycles. The number of rotatable bonds is 4. The molecule has 72 valence electrons. The first-order valence-corrected chi connectivity index (χ1v) is 6.02. The van der Waals surface area contributed by atoms with E-state index in [0.717, 1.165) is 13.0 Å². The fourth-order valence-electron chi connectivity index (χ4n) is 1.84. The monoisotopic (exact) mass is 189 g/mol. The van der Waals surface area contributed by atoms with Gasteiger partial charge in [-0.1, -0.05) is 0 Å². The molecule has 1 rings (SSSR count). The summed E-state index contributed by atoms with van der Waals surface area (Å²) in [6.45, 7) is 1.10. The summed E-state index contributed by atoms with van der Waals surface area (Å²) >= 11 is 1.87. The third-order valence-corrected chi connectivity index (χ3v) is 3.25. The van der Waals surface area contributed by atoms with Crippen LogP contribution in [0.4, 0.5) is 0 Å². The Morgan fingerprint density at radius 3 is 2.75 bits per heavy atom. The van der Waals surface area contributed by atoms with Gasteiger partial charge < -0.3 is 10.0 Å². The van der Waals surface area contributed by atoms with Crippen molar-refractivity contribution >= 4 is 11.8 Å². The van der Waals surface area contributed by atoms with E-state index >= 15 is 0 Å². The highest BCUT2D eigenvalue weighted by Gasteiger charge is 2.27. The molecule has 0 radical (unpaired) electrons. The van der Waals surface area contributed by atoms with Crippen molar-refractivity contribution in [3.8, 4) is 0 Å². The molecule has 0 aliphatic heterocycles. The molecule has 1 N–H and O–H groups in total. The Bertz CT molecular complexity index is 132. The Labute approximate surface area is 79.3 Å². The van der Waals surface area contributed by atoms with Gasteiger partial charge in [-0.2, -0.15) is 11.8 Å². The Hall–Kier alpha value is 0.270. The molecular weight excluding hydrogens is 170 g/mol. The van der Waals surface area contributed by atoms with Gasteiger partial charge in [-0.15, -0.1) is 0 Å². The lowest BCUT2D eigenvalue weighted by molar-refractivity contribution is 0.0900. The molecular formula is C9H19NOS. The van der Waals surface area contributed by atoms with Crippen LogP contribution >= 0.6 is 11.8 Å². The molecule has 0 aromatic rings. The van der Waals surface area contributed by atoms with Gasteiger partial charge in [0.2, 0.25) is 0 Å².